The van der Waals surface area contributed by atoms with Crippen LogP contribution in [-0.4, -0.2) is 0 Å². The Bertz CT molecular complexity index is 530. The summed E-state index contributed by atoms with van der Waals surface area (Å²) in [5.74, 6) is 0. The number of rotatable bonds is 1. The number of anilines is 2. The Morgan fingerprint density at radius 3 is 2.29 bits per heavy atom. The van der Waals surface area contributed by atoms with Crippen molar-refractivity contribution in [1.29, 1.82) is 0 Å². The number of nitrogen functional groups attached to an aromatic ring is 2. The molecule has 2 heteroatoms. The zero-order valence-corrected chi connectivity index (χ0v) is 9.62. The van der Waals surface area contributed by atoms with E-state index in [0.717, 1.165) is 28.1 Å². The smallest absolute Gasteiger partial charge is 0.0444 e. The molecule has 0 fully saturated rings. The molecule has 2 aromatic rings. The first-order chi connectivity index (χ1) is 7.59. The van der Waals surface area contributed by atoms with E-state index in [1.54, 1.807) is 0 Å². The Labute approximate surface area is 103 Å². The van der Waals surface area contributed by atoms with Gasteiger partial charge in [0, 0.05) is 16.9 Å². The van der Waals surface area contributed by atoms with Gasteiger partial charge in [-0.15, -0.1) is 0 Å². The van der Waals surface area contributed by atoms with Crippen molar-refractivity contribution in [2.75, 3.05) is 11.5 Å². The molecule has 0 saturated heterocycles. The van der Waals surface area contributed by atoms with Gasteiger partial charge in [0.25, 0.3) is 0 Å². The first kappa shape index (κ1) is 13.1. The summed E-state index contributed by atoms with van der Waals surface area (Å²) in [7, 11) is 0. The quantitative estimate of drug-likeness (QED) is 0.730. The monoisotopic (exact) mass is 228 g/mol. The summed E-state index contributed by atoms with van der Waals surface area (Å²) in [6.45, 7) is 4.02. The van der Waals surface area contributed by atoms with Crippen LogP contribution in [0.4, 0.5) is 11.4 Å². The lowest BCUT2D eigenvalue weighted by atomic mass is 9.98. The predicted molar refractivity (Wildman–Crippen MR) is 76.9 cm³/mol. The van der Waals surface area contributed by atoms with Gasteiger partial charge in [0.15, 0.2) is 0 Å². The van der Waals surface area contributed by atoms with Crippen molar-refractivity contribution >= 4 is 11.4 Å². The summed E-state index contributed by atoms with van der Waals surface area (Å²) < 4.78 is 0. The Balaban J connectivity index is 0.00000144. The van der Waals surface area contributed by atoms with E-state index in [-0.39, 0.29) is 7.43 Å². The molecule has 0 atom stereocenters. The summed E-state index contributed by atoms with van der Waals surface area (Å²) in [6, 6.07) is 12.2. The van der Waals surface area contributed by atoms with Crippen LogP contribution < -0.4 is 11.5 Å². The highest BCUT2D eigenvalue weighted by Crippen LogP contribution is 2.31. The average molecular weight is 228 g/mol. The standard InChI is InChI=1S/C14H16N2.CH4/c1-9-4-3-5-11(8-9)12-6-7-13(15)10(2)14(12)16;/h3-8H,15-16H2,1-2H3;1H4. The van der Waals surface area contributed by atoms with E-state index in [2.05, 4.69) is 25.1 Å². The molecule has 2 rings (SSSR count). The first-order valence-electron chi connectivity index (χ1n) is 5.31. The van der Waals surface area contributed by atoms with Crippen LogP contribution in [0.25, 0.3) is 11.1 Å². The second-order valence-electron chi connectivity index (χ2n) is 4.11. The molecule has 0 aromatic heterocycles. The molecular formula is C15H20N2. The molecule has 0 amide bonds. The van der Waals surface area contributed by atoms with E-state index in [1.807, 2.05) is 25.1 Å². The minimum Gasteiger partial charge on any atom is -0.398 e. The summed E-state index contributed by atoms with van der Waals surface area (Å²) in [6.07, 6.45) is 0. The molecule has 0 saturated carbocycles. The fraction of sp³-hybridized carbons (Fsp3) is 0.200. The van der Waals surface area contributed by atoms with E-state index >= 15 is 0 Å². The fourth-order valence-electron chi connectivity index (χ4n) is 1.81. The SMILES string of the molecule is C.Cc1cccc(-c2ccc(N)c(C)c2N)c1. The van der Waals surface area contributed by atoms with Gasteiger partial charge in [-0.3, -0.25) is 0 Å². The molecule has 4 N–H and O–H groups in total. The number of hydrogen-bond donors (Lipinski definition) is 2. The largest absolute Gasteiger partial charge is 0.398 e. The van der Waals surface area contributed by atoms with Gasteiger partial charge in [-0.25, -0.2) is 0 Å². The Kier molecular flexibility index (Phi) is 3.79. The van der Waals surface area contributed by atoms with Gasteiger partial charge in [0.05, 0.1) is 0 Å². The first-order valence-corrected chi connectivity index (χ1v) is 5.31. The lowest BCUT2D eigenvalue weighted by Crippen LogP contribution is -1.98. The van der Waals surface area contributed by atoms with Crippen LogP contribution in [0, 0.1) is 13.8 Å². The number of benzene rings is 2. The maximum Gasteiger partial charge on any atom is 0.0444 e. The van der Waals surface area contributed by atoms with E-state index in [1.165, 1.54) is 5.56 Å². The lowest BCUT2D eigenvalue weighted by Gasteiger charge is -2.11. The fourth-order valence-corrected chi connectivity index (χ4v) is 1.81. The zero-order valence-electron chi connectivity index (χ0n) is 9.62. The number of aryl methyl sites for hydroxylation is 1. The Morgan fingerprint density at radius 1 is 0.941 bits per heavy atom. The van der Waals surface area contributed by atoms with Gasteiger partial charge < -0.3 is 11.5 Å². The molecule has 0 bridgehead atoms. The normalized spacial score (nSPS) is 9.76. The minimum absolute atomic E-state index is 0. The van der Waals surface area contributed by atoms with Crippen molar-refractivity contribution in [3.05, 3.63) is 47.5 Å². The summed E-state index contributed by atoms with van der Waals surface area (Å²) >= 11 is 0. The molecule has 0 unspecified atom stereocenters. The van der Waals surface area contributed by atoms with Crippen LogP contribution in [0.2, 0.25) is 0 Å². The molecule has 0 spiro atoms. The summed E-state index contributed by atoms with van der Waals surface area (Å²) in [5.41, 5.74) is 17.8. The summed E-state index contributed by atoms with van der Waals surface area (Å²) in [4.78, 5) is 0. The van der Waals surface area contributed by atoms with E-state index < -0.39 is 0 Å². The topological polar surface area (TPSA) is 52.0 Å². The Hall–Kier alpha value is -1.96. The second-order valence-corrected chi connectivity index (χ2v) is 4.11. The predicted octanol–water partition coefficient (Wildman–Crippen LogP) is 3.77. The van der Waals surface area contributed by atoms with Gasteiger partial charge in [0.1, 0.15) is 0 Å². The van der Waals surface area contributed by atoms with E-state index in [0.29, 0.717) is 0 Å². The molecule has 0 aliphatic heterocycles. The zero-order chi connectivity index (χ0) is 11.7. The highest BCUT2D eigenvalue weighted by molar-refractivity contribution is 5.82. The molecule has 2 aromatic carbocycles. The van der Waals surface area contributed by atoms with Crippen LogP contribution in [0.5, 0.6) is 0 Å². The van der Waals surface area contributed by atoms with Crippen molar-refractivity contribution in [2.24, 2.45) is 0 Å². The molecule has 0 aliphatic carbocycles. The third-order valence-corrected chi connectivity index (χ3v) is 2.89. The third kappa shape index (κ3) is 2.41. The van der Waals surface area contributed by atoms with Crippen molar-refractivity contribution in [3.63, 3.8) is 0 Å². The van der Waals surface area contributed by atoms with Crippen LogP contribution in [-0.2, 0) is 0 Å². The molecule has 17 heavy (non-hydrogen) atoms. The molecule has 90 valence electrons. The molecular weight excluding hydrogens is 208 g/mol. The number of hydrogen-bond acceptors (Lipinski definition) is 2. The van der Waals surface area contributed by atoms with Gasteiger partial charge in [-0.1, -0.05) is 43.3 Å². The lowest BCUT2D eigenvalue weighted by molar-refractivity contribution is 1.44. The minimum atomic E-state index is 0. The number of nitrogens with two attached hydrogens (primary N) is 2. The molecule has 0 radical (unpaired) electrons. The van der Waals surface area contributed by atoms with Crippen molar-refractivity contribution < 1.29 is 0 Å². The van der Waals surface area contributed by atoms with E-state index in [9.17, 15) is 0 Å². The van der Waals surface area contributed by atoms with Crippen molar-refractivity contribution in [1.82, 2.24) is 0 Å². The van der Waals surface area contributed by atoms with Gasteiger partial charge in [-0.05, 0) is 31.0 Å². The van der Waals surface area contributed by atoms with Crippen LogP contribution >= 0.6 is 0 Å². The van der Waals surface area contributed by atoms with Crippen molar-refractivity contribution in [3.8, 4) is 11.1 Å². The molecule has 0 heterocycles. The van der Waals surface area contributed by atoms with Crippen LogP contribution in [0.15, 0.2) is 36.4 Å². The highest BCUT2D eigenvalue weighted by Gasteiger charge is 2.06. The van der Waals surface area contributed by atoms with Gasteiger partial charge in [0.2, 0.25) is 0 Å². The van der Waals surface area contributed by atoms with Crippen molar-refractivity contribution in [2.45, 2.75) is 21.3 Å². The van der Waals surface area contributed by atoms with Gasteiger partial charge in [-0.2, -0.15) is 0 Å². The maximum absolute atomic E-state index is 6.09. The molecule has 2 nitrogen and oxygen atoms in total. The summed E-state index contributed by atoms with van der Waals surface area (Å²) in [5, 5.41) is 0. The maximum atomic E-state index is 6.09. The van der Waals surface area contributed by atoms with E-state index in [4.69, 9.17) is 11.5 Å². The van der Waals surface area contributed by atoms with Gasteiger partial charge >= 0.3 is 0 Å². The second kappa shape index (κ2) is 4.91. The third-order valence-electron chi connectivity index (χ3n) is 2.89. The average Bonchev–Trinajstić information content (AvgIpc) is 2.26. The molecule has 0 aliphatic rings. The Morgan fingerprint density at radius 2 is 1.65 bits per heavy atom. The highest BCUT2D eigenvalue weighted by atomic mass is 14.6. The van der Waals surface area contributed by atoms with Crippen LogP contribution in [0.1, 0.15) is 18.6 Å². The van der Waals surface area contributed by atoms with Crippen LogP contribution in [0.3, 0.4) is 0 Å².